The van der Waals surface area contributed by atoms with Gasteiger partial charge in [-0.05, 0) is 39.2 Å². The van der Waals surface area contributed by atoms with Crippen molar-refractivity contribution in [3.05, 3.63) is 29.8 Å². The molecule has 1 saturated heterocycles. The van der Waals surface area contributed by atoms with Gasteiger partial charge in [-0.2, -0.15) is 0 Å². The highest BCUT2D eigenvalue weighted by atomic mass is 32.2. The van der Waals surface area contributed by atoms with Gasteiger partial charge in [-0.1, -0.05) is 36.0 Å². The first-order valence-corrected chi connectivity index (χ1v) is 10.9. The Morgan fingerprint density at radius 3 is 2.59 bits per heavy atom. The number of hydrogen-bond donors (Lipinski definition) is 0. The zero-order valence-corrected chi connectivity index (χ0v) is 18.2. The predicted molar refractivity (Wildman–Crippen MR) is 112 cm³/mol. The molecule has 0 radical (unpaired) electrons. The number of thioether (sulfide) groups is 1. The number of likely N-dealkylation sites (tertiary alicyclic amines) is 1. The van der Waals surface area contributed by atoms with E-state index in [9.17, 15) is 9.59 Å². The number of rotatable bonds is 6. The van der Waals surface area contributed by atoms with Crippen LogP contribution in [0.4, 0.5) is 0 Å². The number of amides is 1. The third-order valence-electron chi connectivity index (χ3n) is 5.28. The van der Waals surface area contributed by atoms with Crippen LogP contribution >= 0.6 is 11.8 Å². The Kier molecular flexibility index (Phi) is 6.95. The number of benzene rings is 1. The van der Waals surface area contributed by atoms with Crippen molar-refractivity contribution < 1.29 is 14.3 Å². The quantitative estimate of drug-likeness (QED) is 0.532. The van der Waals surface area contributed by atoms with E-state index < -0.39 is 0 Å². The van der Waals surface area contributed by atoms with Crippen molar-refractivity contribution in [2.75, 3.05) is 19.7 Å². The van der Waals surface area contributed by atoms with Crippen LogP contribution in [0.15, 0.2) is 29.4 Å². The van der Waals surface area contributed by atoms with Crippen LogP contribution in [0.1, 0.15) is 32.3 Å². The minimum absolute atomic E-state index is 0.0674. The molecule has 1 unspecified atom stereocenters. The monoisotopic (exact) mass is 416 g/mol. The van der Waals surface area contributed by atoms with E-state index in [1.54, 1.807) is 0 Å². The summed E-state index contributed by atoms with van der Waals surface area (Å²) in [5.74, 6) is 0.612. The number of carbonyl (C=O) groups excluding carboxylic acids is 2. The highest BCUT2D eigenvalue weighted by Crippen LogP contribution is 2.29. The summed E-state index contributed by atoms with van der Waals surface area (Å²) in [5, 5.41) is 9.07. The van der Waals surface area contributed by atoms with Crippen LogP contribution < -0.4 is 0 Å². The third-order valence-corrected chi connectivity index (χ3v) is 6.40. The van der Waals surface area contributed by atoms with E-state index in [2.05, 4.69) is 10.2 Å². The van der Waals surface area contributed by atoms with Gasteiger partial charge in [0.25, 0.3) is 0 Å². The molecule has 3 rings (SSSR count). The Morgan fingerprint density at radius 1 is 1.24 bits per heavy atom. The lowest BCUT2D eigenvalue weighted by Crippen LogP contribution is -2.43. The molecule has 1 aliphatic rings. The second kappa shape index (κ2) is 9.43. The summed E-state index contributed by atoms with van der Waals surface area (Å²) in [5.41, 5.74) is 2.17. The zero-order chi connectivity index (χ0) is 21.0. The maximum Gasteiger partial charge on any atom is 0.309 e. The van der Waals surface area contributed by atoms with Gasteiger partial charge in [-0.3, -0.25) is 9.59 Å². The van der Waals surface area contributed by atoms with Gasteiger partial charge in [0.2, 0.25) is 5.91 Å². The van der Waals surface area contributed by atoms with Gasteiger partial charge in [0.1, 0.15) is 0 Å². The molecule has 0 bridgehead atoms. The van der Waals surface area contributed by atoms with Gasteiger partial charge in [-0.25, -0.2) is 0 Å². The van der Waals surface area contributed by atoms with Crippen molar-refractivity contribution in [2.24, 2.45) is 13.0 Å². The summed E-state index contributed by atoms with van der Waals surface area (Å²) in [4.78, 5) is 26.6. The predicted octanol–water partition coefficient (Wildman–Crippen LogP) is 3.07. The van der Waals surface area contributed by atoms with E-state index in [0.717, 1.165) is 17.0 Å². The molecule has 1 atom stereocenters. The molecule has 7 nitrogen and oxygen atoms in total. The zero-order valence-electron chi connectivity index (χ0n) is 17.4. The Bertz CT molecular complexity index is 875. The fraction of sp³-hybridized carbons (Fsp3) is 0.524. The van der Waals surface area contributed by atoms with E-state index in [0.29, 0.717) is 37.7 Å². The SMILES string of the molecule is CCOC(=O)C1CCN(C(=O)C(C)Sc2nnc(-c3ccccc3C)n2C)CC1. The Balaban J connectivity index is 1.61. The van der Waals surface area contributed by atoms with Crippen molar-refractivity contribution in [3.8, 4) is 11.4 Å². The minimum Gasteiger partial charge on any atom is -0.466 e. The van der Waals surface area contributed by atoms with Crippen LogP contribution in [0.25, 0.3) is 11.4 Å². The normalized spacial score (nSPS) is 15.9. The second-order valence-electron chi connectivity index (χ2n) is 7.29. The molecule has 1 aromatic heterocycles. The topological polar surface area (TPSA) is 77.3 Å². The minimum atomic E-state index is -0.276. The number of aryl methyl sites for hydroxylation is 1. The molecule has 156 valence electrons. The standard InChI is InChI=1S/C21H28N4O3S/c1-5-28-20(27)16-10-12-25(13-11-16)19(26)15(3)29-21-23-22-18(24(21)4)17-9-7-6-8-14(17)2/h6-9,15-16H,5,10-13H2,1-4H3. The maximum atomic E-state index is 12.9. The average Bonchev–Trinajstić information content (AvgIpc) is 3.08. The number of ether oxygens (including phenoxy) is 1. The highest BCUT2D eigenvalue weighted by molar-refractivity contribution is 8.00. The van der Waals surface area contributed by atoms with Gasteiger partial charge in [0.05, 0.1) is 17.8 Å². The summed E-state index contributed by atoms with van der Waals surface area (Å²) in [7, 11) is 1.92. The average molecular weight is 417 g/mol. The number of esters is 1. The van der Waals surface area contributed by atoms with E-state index in [1.165, 1.54) is 11.8 Å². The van der Waals surface area contributed by atoms with Crippen molar-refractivity contribution in [2.45, 2.75) is 44.0 Å². The Morgan fingerprint density at radius 2 is 1.93 bits per heavy atom. The second-order valence-corrected chi connectivity index (χ2v) is 8.60. The number of carbonyl (C=O) groups is 2. The Hall–Kier alpha value is -2.35. The molecule has 1 aliphatic heterocycles. The third kappa shape index (κ3) is 4.80. The van der Waals surface area contributed by atoms with Crippen LogP contribution in [-0.4, -0.2) is 56.5 Å². The van der Waals surface area contributed by atoms with Gasteiger partial charge in [0, 0.05) is 25.7 Å². The lowest BCUT2D eigenvalue weighted by atomic mass is 9.97. The van der Waals surface area contributed by atoms with Gasteiger partial charge in [0.15, 0.2) is 11.0 Å². The summed E-state index contributed by atoms with van der Waals surface area (Å²) in [6.45, 7) is 7.32. The molecule has 0 aliphatic carbocycles. The molecule has 0 spiro atoms. The van der Waals surface area contributed by atoms with Crippen molar-refractivity contribution in [1.29, 1.82) is 0 Å². The van der Waals surface area contributed by atoms with Gasteiger partial charge < -0.3 is 14.2 Å². The molecule has 1 fully saturated rings. The van der Waals surface area contributed by atoms with Crippen molar-refractivity contribution in [3.63, 3.8) is 0 Å². The van der Waals surface area contributed by atoms with Crippen LogP contribution in [-0.2, 0) is 21.4 Å². The highest BCUT2D eigenvalue weighted by Gasteiger charge is 2.31. The first kappa shape index (κ1) is 21.4. The fourth-order valence-electron chi connectivity index (χ4n) is 3.54. The van der Waals surface area contributed by atoms with Crippen LogP contribution in [0.5, 0.6) is 0 Å². The first-order valence-electron chi connectivity index (χ1n) is 9.99. The van der Waals surface area contributed by atoms with Gasteiger partial charge in [-0.15, -0.1) is 10.2 Å². The van der Waals surface area contributed by atoms with Crippen LogP contribution in [0, 0.1) is 12.8 Å². The molecule has 29 heavy (non-hydrogen) atoms. The van der Waals surface area contributed by atoms with Crippen molar-refractivity contribution >= 4 is 23.6 Å². The van der Waals surface area contributed by atoms with Crippen molar-refractivity contribution in [1.82, 2.24) is 19.7 Å². The number of nitrogens with zero attached hydrogens (tertiary/aromatic N) is 4. The summed E-state index contributed by atoms with van der Waals surface area (Å²) in [6.07, 6.45) is 1.31. The molecule has 2 aromatic rings. The number of hydrogen-bond acceptors (Lipinski definition) is 6. The lowest BCUT2D eigenvalue weighted by Gasteiger charge is -2.32. The number of piperidine rings is 1. The molecular weight excluding hydrogens is 388 g/mol. The molecule has 1 amide bonds. The summed E-state index contributed by atoms with van der Waals surface area (Å²) in [6, 6.07) is 8.05. The lowest BCUT2D eigenvalue weighted by molar-refractivity contribution is -0.151. The molecular formula is C21H28N4O3S. The van der Waals surface area contributed by atoms with E-state index in [1.807, 2.05) is 61.6 Å². The van der Waals surface area contributed by atoms with Crippen LogP contribution in [0.2, 0.25) is 0 Å². The maximum absolute atomic E-state index is 12.9. The largest absolute Gasteiger partial charge is 0.466 e. The van der Waals surface area contributed by atoms with E-state index in [4.69, 9.17) is 4.74 Å². The molecule has 2 heterocycles. The van der Waals surface area contributed by atoms with E-state index in [-0.39, 0.29) is 23.0 Å². The van der Waals surface area contributed by atoms with E-state index >= 15 is 0 Å². The molecule has 8 heteroatoms. The molecule has 0 saturated carbocycles. The number of aromatic nitrogens is 3. The smallest absolute Gasteiger partial charge is 0.309 e. The fourth-order valence-corrected chi connectivity index (χ4v) is 4.44. The molecule has 0 N–H and O–H groups in total. The van der Waals surface area contributed by atoms with Gasteiger partial charge >= 0.3 is 5.97 Å². The Labute approximate surface area is 175 Å². The first-order chi connectivity index (χ1) is 13.9. The summed E-state index contributed by atoms with van der Waals surface area (Å²) < 4.78 is 7.03. The summed E-state index contributed by atoms with van der Waals surface area (Å²) >= 11 is 1.42. The van der Waals surface area contributed by atoms with Crippen LogP contribution in [0.3, 0.4) is 0 Å². The molecule has 1 aromatic carbocycles.